The van der Waals surface area contributed by atoms with E-state index in [4.69, 9.17) is 9.73 Å². The van der Waals surface area contributed by atoms with Crippen molar-refractivity contribution in [2.75, 3.05) is 50.8 Å². The molecule has 0 radical (unpaired) electrons. The van der Waals surface area contributed by atoms with Gasteiger partial charge in [-0.25, -0.2) is 4.98 Å². The predicted molar refractivity (Wildman–Crippen MR) is 134 cm³/mol. The Hall–Kier alpha value is -1.17. The molecule has 0 bridgehead atoms. The number of guanidine groups is 1. The highest BCUT2D eigenvalue weighted by Crippen LogP contribution is 2.19. The summed E-state index contributed by atoms with van der Waals surface area (Å²) in [5.41, 5.74) is 0. The lowest BCUT2D eigenvalue weighted by atomic mass is 10.1. The van der Waals surface area contributed by atoms with Crippen LogP contribution in [-0.4, -0.2) is 72.1 Å². The maximum Gasteiger partial charge on any atom is 0.305 e. The van der Waals surface area contributed by atoms with E-state index in [0.717, 1.165) is 88.3 Å². The molecule has 0 unspecified atom stereocenters. The SMILES string of the molecule is CCNC(=NCCCCCCC(=O)OCC)N1CCN(c2nc(CC)ns2)CC1.I. The van der Waals surface area contributed by atoms with Crippen molar-refractivity contribution in [2.24, 2.45) is 4.99 Å². The largest absolute Gasteiger partial charge is 0.466 e. The van der Waals surface area contributed by atoms with Crippen LogP contribution < -0.4 is 10.2 Å². The fourth-order valence-electron chi connectivity index (χ4n) is 3.20. The van der Waals surface area contributed by atoms with Gasteiger partial charge < -0.3 is 19.9 Å². The molecule has 0 atom stereocenters. The molecular weight excluding hydrogens is 515 g/mol. The van der Waals surface area contributed by atoms with Gasteiger partial charge in [0.05, 0.1) is 6.61 Å². The Bertz CT molecular complexity index is 635. The van der Waals surface area contributed by atoms with Gasteiger partial charge in [0.1, 0.15) is 5.82 Å². The van der Waals surface area contributed by atoms with Crippen molar-refractivity contribution in [3.05, 3.63) is 5.82 Å². The van der Waals surface area contributed by atoms with E-state index >= 15 is 0 Å². The van der Waals surface area contributed by atoms with Gasteiger partial charge in [0.2, 0.25) is 5.13 Å². The van der Waals surface area contributed by atoms with Crippen molar-refractivity contribution >= 4 is 52.6 Å². The third-order valence-electron chi connectivity index (χ3n) is 4.81. The third-order valence-corrected chi connectivity index (χ3v) is 5.63. The maximum absolute atomic E-state index is 11.3. The molecule has 172 valence electrons. The summed E-state index contributed by atoms with van der Waals surface area (Å²) in [6.45, 7) is 11.9. The number of aryl methyl sites for hydroxylation is 1. The van der Waals surface area contributed by atoms with E-state index in [1.165, 1.54) is 11.5 Å². The second-order valence-electron chi connectivity index (χ2n) is 7.03. The summed E-state index contributed by atoms with van der Waals surface area (Å²) in [5, 5.41) is 4.46. The third kappa shape index (κ3) is 9.32. The van der Waals surface area contributed by atoms with Crippen molar-refractivity contribution in [1.82, 2.24) is 19.6 Å². The van der Waals surface area contributed by atoms with Crippen LogP contribution in [0.3, 0.4) is 0 Å². The van der Waals surface area contributed by atoms with E-state index < -0.39 is 0 Å². The van der Waals surface area contributed by atoms with E-state index in [9.17, 15) is 4.79 Å². The maximum atomic E-state index is 11.3. The van der Waals surface area contributed by atoms with Gasteiger partial charge in [-0.05, 0) is 26.7 Å². The minimum absolute atomic E-state index is 0. The second-order valence-corrected chi connectivity index (χ2v) is 7.76. The van der Waals surface area contributed by atoms with Crippen LogP contribution >= 0.6 is 35.5 Å². The van der Waals surface area contributed by atoms with Gasteiger partial charge >= 0.3 is 5.97 Å². The average molecular weight is 553 g/mol. The number of anilines is 1. The molecule has 1 aliphatic rings. The Labute approximate surface area is 202 Å². The lowest BCUT2D eigenvalue weighted by molar-refractivity contribution is -0.143. The number of nitrogens with zero attached hydrogens (tertiary/aromatic N) is 5. The molecule has 2 heterocycles. The predicted octanol–water partition coefficient (Wildman–Crippen LogP) is 3.32. The molecule has 1 fully saturated rings. The Kier molecular flexibility index (Phi) is 14.0. The highest BCUT2D eigenvalue weighted by Gasteiger charge is 2.21. The number of rotatable bonds is 11. The van der Waals surface area contributed by atoms with Gasteiger partial charge in [-0.1, -0.05) is 19.8 Å². The summed E-state index contributed by atoms with van der Waals surface area (Å²) < 4.78 is 9.35. The van der Waals surface area contributed by atoms with Gasteiger partial charge in [-0.3, -0.25) is 9.79 Å². The monoisotopic (exact) mass is 552 g/mol. The first kappa shape index (κ1) is 26.9. The topological polar surface area (TPSA) is 83.0 Å². The van der Waals surface area contributed by atoms with Crippen molar-refractivity contribution < 1.29 is 9.53 Å². The number of ether oxygens (including phenoxy) is 1. The van der Waals surface area contributed by atoms with Crippen molar-refractivity contribution in [3.8, 4) is 0 Å². The summed E-state index contributed by atoms with van der Waals surface area (Å²) in [4.78, 5) is 25.4. The van der Waals surface area contributed by atoms with Crippen LogP contribution in [0.2, 0.25) is 0 Å². The fourth-order valence-corrected chi connectivity index (χ4v) is 4.01. The van der Waals surface area contributed by atoms with Crippen LogP contribution in [0.4, 0.5) is 5.13 Å². The number of carbonyl (C=O) groups excluding carboxylic acids is 1. The Morgan fingerprint density at radius 3 is 2.50 bits per heavy atom. The molecule has 0 amide bonds. The smallest absolute Gasteiger partial charge is 0.305 e. The quantitative estimate of drug-likeness (QED) is 0.148. The zero-order valence-corrected chi connectivity index (χ0v) is 21.7. The second kappa shape index (κ2) is 15.6. The van der Waals surface area contributed by atoms with Crippen molar-refractivity contribution in [3.63, 3.8) is 0 Å². The first-order chi connectivity index (χ1) is 14.2. The van der Waals surface area contributed by atoms with Crippen molar-refractivity contribution in [2.45, 2.75) is 59.3 Å². The summed E-state index contributed by atoms with van der Waals surface area (Å²) >= 11 is 1.50. The van der Waals surface area contributed by atoms with Crippen LogP contribution in [0.1, 0.15) is 58.7 Å². The summed E-state index contributed by atoms with van der Waals surface area (Å²) in [5.74, 6) is 1.85. The standard InChI is InChI=1S/C20H36N6O2S.HI/c1-4-17-23-20(29-24-17)26-15-13-25(14-16-26)19(21-5-2)22-12-10-8-7-9-11-18(27)28-6-3;/h4-16H2,1-3H3,(H,21,22);1H. The van der Waals surface area contributed by atoms with Crippen LogP contribution in [0.25, 0.3) is 0 Å². The van der Waals surface area contributed by atoms with Gasteiger partial charge in [-0.15, -0.1) is 24.0 Å². The first-order valence-electron chi connectivity index (χ1n) is 10.9. The lowest BCUT2D eigenvalue weighted by Gasteiger charge is -2.36. The minimum atomic E-state index is -0.0847. The molecule has 30 heavy (non-hydrogen) atoms. The number of halogens is 1. The highest BCUT2D eigenvalue weighted by atomic mass is 127. The van der Waals surface area contributed by atoms with Crippen LogP contribution in [0.5, 0.6) is 0 Å². The van der Waals surface area contributed by atoms with Crippen molar-refractivity contribution in [1.29, 1.82) is 0 Å². The van der Waals surface area contributed by atoms with E-state index in [-0.39, 0.29) is 29.9 Å². The normalized spacial score (nSPS) is 14.4. The summed E-state index contributed by atoms with van der Waals surface area (Å²) in [6.07, 6.45) is 5.49. The lowest BCUT2D eigenvalue weighted by Crippen LogP contribution is -2.52. The average Bonchev–Trinajstić information content (AvgIpc) is 3.22. The summed E-state index contributed by atoms with van der Waals surface area (Å²) in [6, 6.07) is 0. The van der Waals surface area contributed by atoms with Gasteiger partial charge in [-0.2, -0.15) is 4.37 Å². The molecule has 0 spiro atoms. The molecule has 0 aromatic carbocycles. The number of piperazine rings is 1. The minimum Gasteiger partial charge on any atom is -0.466 e. The Balaban J connectivity index is 0.00000450. The molecule has 0 saturated carbocycles. The zero-order chi connectivity index (χ0) is 20.9. The van der Waals surface area contributed by atoms with Crippen LogP contribution in [0.15, 0.2) is 4.99 Å². The van der Waals surface area contributed by atoms with Gasteiger partial charge in [0, 0.05) is 63.6 Å². The molecular formula is C20H37IN6O2S. The number of nitrogens with one attached hydrogen (secondary N) is 1. The molecule has 2 rings (SSSR count). The van der Waals surface area contributed by atoms with Gasteiger partial charge in [0.25, 0.3) is 0 Å². The number of esters is 1. The fraction of sp³-hybridized carbons (Fsp3) is 0.800. The van der Waals surface area contributed by atoms with Gasteiger partial charge in [0.15, 0.2) is 5.96 Å². The Morgan fingerprint density at radius 1 is 1.13 bits per heavy atom. The summed E-state index contributed by atoms with van der Waals surface area (Å²) in [7, 11) is 0. The molecule has 1 aromatic heterocycles. The van der Waals surface area contributed by atoms with E-state index in [1.54, 1.807) is 0 Å². The first-order valence-corrected chi connectivity index (χ1v) is 11.7. The highest BCUT2D eigenvalue weighted by molar-refractivity contribution is 14.0. The number of hydrogen-bond donors (Lipinski definition) is 1. The number of aliphatic imine (C=N–C) groups is 1. The van der Waals surface area contributed by atoms with E-state index in [1.807, 2.05) is 6.92 Å². The molecule has 10 heteroatoms. The molecule has 0 aliphatic carbocycles. The van der Waals surface area contributed by atoms with E-state index in [0.29, 0.717) is 13.0 Å². The van der Waals surface area contributed by atoms with E-state index in [2.05, 4.69) is 38.3 Å². The molecule has 1 N–H and O–H groups in total. The molecule has 8 nitrogen and oxygen atoms in total. The number of carbonyl (C=O) groups is 1. The zero-order valence-electron chi connectivity index (χ0n) is 18.6. The number of aromatic nitrogens is 2. The Morgan fingerprint density at radius 2 is 1.87 bits per heavy atom. The van der Waals surface area contributed by atoms with Crippen LogP contribution in [0, 0.1) is 0 Å². The number of unbranched alkanes of at least 4 members (excludes halogenated alkanes) is 3. The molecule has 1 aliphatic heterocycles. The van der Waals surface area contributed by atoms with Crippen LogP contribution in [-0.2, 0) is 16.0 Å². The molecule has 1 saturated heterocycles. The molecule has 1 aromatic rings. The number of hydrogen-bond acceptors (Lipinski definition) is 7.